The van der Waals surface area contributed by atoms with Crippen molar-refractivity contribution < 1.29 is 14.1 Å². The fourth-order valence-electron chi connectivity index (χ4n) is 2.07. The predicted molar refractivity (Wildman–Crippen MR) is 83.9 cm³/mol. The molecule has 0 saturated carbocycles. The van der Waals surface area contributed by atoms with Gasteiger partial charge in [0.25, 0.3) is 5.91 Å². The third-order valence-corrected chi connectivity index (χ3v) is 3.32. The SMILES string of the molecule is CCCCc1noc(C)c1COc1cc(C(=O)NN(C)C)[nH]n1. The summed E-state index contributed by atoms with van der Waals surface area (Å²) in [5, 5.41) is 12.3. The second-order valence-electron chi connectivity index (χ2n) is 5.51. The molecule has 0 atom stereocenters. The van der Waals surface area contributed by atoms with Gasteiger partial charge in [-0.25, -0.2) is 5.01 Å². The molecule has 0 spiro atoms. The number of rotatable bonds is 8. The van der Waals surface area contributed by atoms with Gasteiger partial charge in [0.05, 0.1) is 11.3 Å². The lowest BCUT2D eigenvalue weighted by molar-refractivity contribution is 0.0851. The fourth-order valence-corrected chi connectivity index (χ4v) is 2.07. The Bertz CT molecular complexity index is 647. The number of aryl methyl sites for hydroxylation is 2. The van der Waals surface area contributed by atoms with E-state index >= 15 is 0 Å². The van der Waals surface area contributed by atoms with Crippen LogP contribution in [0.3, 0.4) is 0 Å². The van der Waals surface area contributed by atoms with Gasteiger partial charge in [-0.2, -0.15) is 0 Å². The van der Waals surface area contributed by atoms with Crippen LogP contribution in [0.1, 0.15) is 47.3 Å². The molecule has 0 aromatic carbocycles. The van der Waals surface area contributed by atoms with Crippen LogP contribution in [0, 0.1) is 6.92 Å². The minimum Gasteiger partial charge on any atom is -0.472 e. The lowest BCUT2D eigenvalue weighted by Gasteiger charge is -2.09. The smallest absolute Gasteiger partial charge is 0.283 e. The van der Waals surface area contributed by atoms with Gasteiger partial charge in [0, 0.05) is 20.2 Å². The zero-order valence-corrected chi connectivity index (χ0v) is 14.0. The summed E-state index contributed by atoms with van der Waals surface area (Å²) < 4.78 is 10.9. The third kappa shape index (κ3) is 4.56. The highest BCUT2D eigenvalue weighted by Gasteiger charge is 2.15. The van der Waals surface area contributed by atoms with E-state index in [2.05, 4.69) is 27.7 Å². The summed E-state index contributed by atoms with van der Waals surface area (Å²) in [6.45, 7) is 4.31. The van der Waals surface area contributed by atoms with Crippen LogP contribution in [0.25, 0.3) is 0 Å². The van der Waals surface area contributed by atoms with Crippen molar-refractivity contribution in [2.45, 2.75) is 39.7 Å². The fraction of sp³-hybridized carbons (Fsp3) is 0.533. The van der Waals surface area contributed by atoms with Crippen molar-refractivity contribution >= 4 is 5.91 Å². The van der Waals surface area contributed by atoms with Gasteiger partial charge in [0.15, 0.2) is 0 Å². The Balaban J connectivity index is 1.98. The number of amides is 1. The van der Waals surface area contributed by atoms with Crippen molar-refractivity contribution in [3.63, 3.8) is 0 Å². The van der Waals surface area contributed by atoms with Crippen molar-refractivity contribution in [3.05, 3.63) is 28.8 Å². The first-order valence-electron chi connectivity index (χ1n) is 7.61. The molecule has 2 N–H and O–H groups in total. The summed E-state index contributed by atoms with van der Waals surface area (Å²) in [6.07, 6.45) is 3.01. The van der Waals surface area contributed by atoms with E-state index in [-0.39, 0.29) is 5.91 Å². The van der Waals surface area contributed by atoms with Crippen molar-refractivity contribution in [3.8, 4) is 5.88 Å². The van der Waals surface area contributed by atoms with Crippen molar-refractivity contribution in [2.75, 3.05) is 14.1 Å². The Hall–Kier alpha value is -2.35. The largest absolute Gasteiger partial charge is 0.472 e. The molecule has 1 amide bonds. The van der Waals surface area contributed by atoms with Gasteiger partial charge < -0.3 is 9.26 Å². The summed E-state index contributed by atoms with van der Waals surface area (Å²) in [5.74, 6) is 0.829. The number of aromatic nitrogens is 3. The van der Waals surface area contributed by atoms with Crippen molar-refractivity contribution in [2.24, 2.45) is 0 Å². The molecule has 2 rings (SSSR count). The Kier molecular flexibility index (Phi) is 5.75. The first kappa shape index (κ1) is 17.0. The van der Waals surface area contributed by atoms with Gasteiger partial charge >= 0.3 is 0 Å². The maximum Gasteiger partial charge on any atom is 0.283 e. The summed E-state index contributed by atoms with van der Waals surface area (Å²) in [7, 11) is 3.47. The molecule has 0 aliphatic carbocycles. The highest BCUT2D eigenvalue weighted by atomic mass is 16.5. The van der Waals surface area contributed by atoms with Gasteiger partial charge in [-0.05, 0) is 19.8 Å². The molecule has 0 fully saturated rings. The van der Waals surface area contributed by atoms with Crippen molar-refractivity contribution in [1.29, 1.82) is 0 Å². The van der Waals surface area contributed by atoms with Gasteiger partial charge in [-0.15, -0.1) is 5.10 Å². The number of hydrogen-bond acceptors (Lipinski definition) is 6. The second-order valence-corrected chi connectivity index (χ2v) is 5.51. The number of unbranched alkanes of at least 4 members (excludes halogenated alkanes) is 1. The molecule has 23 heavy (non-hydrogen) atoms. The van der Waals surface area contributed by atoms with E-state index < -0.39 is 0 Å². The Morgan fingerprint density at radius 2 is 2.26 bits per heavy atom. The van der Waals surface area contributed by atoms with Gasteiger partial charge in [0.1, 0.15) is 18.1 Å². The van der Waals surface area contributed by atoms with Gasteiger partial charge in [-0.3, -0.25) is 15.3 Å². The van der Waals surface area contributed by atoms with Crippen LogP contribution in [0.4, 0.5) is 0 Å². The maximum atomic E-state index is 11.8. The summed E-state index contributed by atoms with van der Waals surface area (Å²) in [6, 6.07) is 1.56. The molecule has 2 heterocycles. The first-order chi connectivity index (χ1) is 11.0. The lowest BCUT2D eigenvalue weighted by Crippen LogP contribution is -2.36. The quantitative estimate of drug-likeness (QED) is 0.720. The van der Waals surface area contributed by atoms with Crippen LogP contribution in [-0.2, 0) is 13.0 Å². The normalized spacial score (nSPS) is 11.0. The summed E-state index contributed by atoms with van der Waals surface area (Å²) >= 11 is 0. The first-order valence-corrected chi connectivity index (χ1v) is 7.61. The van der Waals surface area contributed by atoms with Crippen LogP contribution >= 0.6 is 0 Å². The summed E-state index contributed by atoms with van der Waals surface area (Å²) in [4.78, 5) is 11.8. The van der Waals surface area contributed by atoms with Crippen LogP contribution in [0.15, 0.2) is 10.6 Å². The number of hydrazine groups is 1. The van der Waals surface area contributed by atoms with E-state index in [0.29, 0.717) is 18.2 Å². The number of nitrogens with zero attached hydrogens (tertiary/aromatic N) is 3. The monoisotopic (exact) mass is 321 g/mol. The average Bonchev–Trinajstić information content (AvgIpc) is 3.09. The highest BCUT2D eigenvalue weighted by molar-refractivity contribution is 5.92. The molecule has 0 aliphatic heterocycles. The van der Waals surface area contributed by atoms with Crippen LogP contribution in [0.5, 0.6) is 5.88 Å². The third-order valence-electron chi connectivity index (χ3n) is 3.32. The highest BCUT2D eigenvalue weighted by Crippen LogP contribution is 2.18. The molecule has 0 unspecified atom stereocenters. The molecule has 8 heteroatoms. The molecule has 2 aromatic rings. The molecule has 0 aliphatic rings. The van der Waals surface area contributed by atoms with Crippen LogP contribution < -0.4 is 10.2 Å². The van der Waals surface area contributed by atoms with E-state index in [0.717, 1.165) is 36.3 Å². The number of hydrogen-bond donors (Lipinski definition) is 2. The van der Waals surface area contributed by atoms with E-state index in [1.165, 1.54) is 0 Å². The number of nitrogens with one attached hydrogen (secondary N) is 2. The van der Waals surface area contributed by atoms with Gasteiger partial charge in [0.2, 0.25) is 5.88 Å². The molecule has 0 bridgehead atoms. The Labute approximate surface area is 135 Å². The van der Waals surface area contributed by atoms with E-state index in [1.54, 1.807) is 25.2 Å². The Morgan fingerprint density at radius 3 is 2.96 bits per heavy atom. The van der Waals surface area contributed by atoms with Crippen molar-refractivity contribution in [1.82, 2.24) is 25.8 Å². The summed E-state index contributed by atoms with van der Waals surface area (Å²) in [5.41, 5.74) is 4.83. The van der Waals surface area contributed by atoms with E-state index in [9.17, 15) is 4.79 Å². The molecule has 0 radical (unpaired) electrons. The molecular formula is C15H23N5O3. The maximum absolute atomic E-state index is 11.8. The number of carbonyl (C=O) groups excluding carboxylic acids is 1. The van der Waals surface area contributed by atoms with E-state index in [4.69, 9.17) is 9.26 Å². The molecule has 126 valence electrons. The zero-order valence-electron chi connectivity index (χ0n) is 14.0. The van der Waals surface area contributed by atoms with Crippen LogP contribution in [0.2, 0.25) is 0 Å². The Morgan fingerprint density at radius 1 is 1.48 bits per heavy atom. The zero-order chi connectivity index (χ0) is 16.8. The topological polar surface area (TPSA) is 96.3 Å². The number of ether oxygens (including phenoxy) is 1. The number of carbonyl (C=O) groups is 1. The van der Waals surface area contributed by atoms with Gasteiger partial charge in [-0.1, -0.05) is 18.5 Å². The van der Waals surface area contributed by atoms with E-state index in [1.807, 2.05) is 6.92 Å². The standard InChI is InChI=1S/C15H23N5O3/c1-5-6-7-12-11(10(2)23-19-12)9-22-14-8-13(16-17-14)15(21)18-20(3)4/h8H,5-7,9H2,1-4H3,(H,16,17)(H,18,21). The average molecular weight is 321 g/mol. The molecule has 8 nitrogen and oxygen atoms in total. The minimum absolute atomic E-state index is 0.276. The van der Waals surface area contributed by atoms with Crippen LogP contribution in [-0.4, -0.2) is 40.4 Å². The second kappa shape index (κ2) is 7.77. The number of H-pyrrole nitrogens is 1. The minimum atomic E-state index is -0.276. The molecule has 0 saturated heterocycles. The number of aromatic amines is 1. The molecule has 2 aromatic heterocycles. The lowest BCUT2D eigenvalue weighted by atomic mass is 10.1. The molecular weight excluding hydrogens is 298 g/mol. The predicted octanol–water partition coefficient (Wildman–Crippen LogP) is 1.83.